The van der Waals surface area contributed by atoms with Gasteiger partial charge in [-0.1, -0.05) is 23.7 Å². The number of carbonyl (C=O) groups is 1. The molecule has 2 aromatic carbocycles. The molecular formula is C27H27ClFN5O3. The maximum absolute atomic E-state index is 15.9. The van der Waals surface area contributed by atoms with Gasteiger partial charge in [0.1, 0.15) is 5.52 Å². The molecule has 1 fully saturated rings. The number of carbonyl (C=O) groups excluding carboxylic acids is 1. The summed E-state index contributed by atoms with van der Waals surface area (Å²) in [6.45, 7) is 5.85. The molecule has 0 saturated carbocycles. The Morgan fingerprint density at radius 1 is 1.22 bits per heavy atom. The van der Waals surface area contributed by atoms with Crippen LogP contribution in [0.5, 0.6) is 0 Å². The number of ether oxygens (including phenoxy) is 2. The number of esters is 1. The van der Waals surface area contributed by atoms with Crippen molar-refractivity contribution in [3.05, 3.63) is 65.1 Å². The first-order valence-electron chi connectivity index (χ1n) is 12.6. The van der Waals surface area contributed by atoms with Crippen molar-refractivity contribution >= 4 is 34.2 Å². The molecule has 2 aliphatic rings. The zero-order valence-electron chi connectivity index (χ0n) is 20.5. The van der Waals surface area contributed by atoms with Crippen LogP contribution >= 0.6 is 11.6 Å². The third kappa shape index (κ3) is 4.26. The number of imidazole rings is 1. The monoisotopic (exact) mass is 523 g/mol. The van der Waals surface area contributed by atoms with Gasteiger partial charge in [-0.05, 0) is 43.5 Å². The second-order valence-electron chi connectivity index (χ2n) is 9.27. The molecule has 1 saturated heterocycles. The molecule has 0 aliphatic carbocycles. The number of morpholine rings is 1. The minimum absolute atomic E-state index is 0.102. The highest BCUT2D eigenvalue weighted by Gasteiger charge is 2.33. The van der Waals surface area contributed by atoms with Crippen molar-refractivity contribution in [3.63, 3.8) is 0 Å². The van der Waals surface area contributed by atoms with Gasteiger partial charge < -0.3 is 18.9 Å². The Hall–Kier alpha value is -3.43. The molecule has 0 spiro atoms. The van der Waals surface area contributed by atoms with Gasteiger partial charge in [0.2, 0.25) is 0 Å². The maximum atomic E-state index is 15.9. The van der Waals surface area contributed by atoms with E-state index in [1.54, 1.807) is 25.5 Å². The Morgan fingerprint density at radius 2 is 2.00 bits per heavy atom. The molecule has 0 bridgehead atoms. The van der Waals surface area contributed by atoms with E-state index < -0.39 is 17.8 Å². The normalized spacial score (nSPS) is 16.2. The standard InChI is InChI=1S/C27H27ClFN5O3/c1-2-37-27(35)26(25-22-4-3-9-33(22)16-30-25)34-15-20-21(28)14-19(23(29)24(20)31-34)17-5-7-18(8-6-17)32-10-12-36-13-11-32/h5-8,14-16,26H,2-4,9-13H2,1H3. The number of fused-ring (bicyclic) bond motifs is 2. The number of halogens is 2. The molecule has 1 unspecified atom stereocenters. The van der Waals surface area contributed by atoms with E-state index >= 15 is 4.39 Å². The summed E-state index contributed by atoms with van der Waals surface area (Å²) in [7, 11) is 0. The van der Waals surface area contributed by atoms with Crippen molar-refractivity contribution in [2.75, 3.05) is 37.8 Å². The molecule has 1 atom stereocenters. The summed E-state index contributed by atoms with van der Waals surface area (Å²) >= 11 is 6.64. The second-order valence-corrected chi connectivity index (χ2v) is 9.67. The van der Waals surface area contributed by atoms with Crippen molar-refractivity contribution in [2.24, 2.45) is 0 Å². The Balaban J connectivity index is 1.40. The summed E-state index contributed by atoms with van der Waals surface area (Å²) in [6, 6.07) is 8.42. The van der Waals surface area contributed by atoms with Crippen molar-refractivity contribution in [3.8, 4) is 11.1 Å². The Morgan fingerprint density at radius 3 is 2.76 bits per heavy atom. The fourth-order valence-corrected chi connectivity index (χ4v) is 5.49. The average Bonchev–Trinajstić information content (AvgIpc) is 3.65. The Bertz CT molecular complexity index is 1460. The topological polar surface area (TPSA) is 74.4 Å². The zero-order chi connectivity index (χ0) is 25.5. The van der Waals surface area contributed by atoms with E-state index in [0.717, 1.165) is 43.9 Å². The van der Waals surface area contributed by atoms with Crippen molar-refractivity contribution in [1.29, 1.82) is 0 Å². The van der Waals surface area contributed by atoms with Crippen LogP contribution in [-0.2, 0) is 27.2 Å². The molecule has 0 N–H and O–H groups in total. The quantitative estimate of drug-likeness (QED) is 0.343. The van der Waals surface area contributed by atoms with Gasteiger partial charge >= 0.3 is 5.97 Å². The van der Waals surface area contributed by atoms with Crippen LogP contribution in [0.3, 0.4) is 0 Å². The number of aryl methyl sites for hydroxylation is 1. The Labute approximate surface area is 218 Å². The minimum Gasteiger partial charge on any atom is -0.464 e. The second kappa shape index (κ2) is 9.79. The smallest absolute Gasteiger partial charge is 0.337 e. The first-order valence-corrected chi connectivity index (χ1v) is 12.9. The van der Waals surface area contributed by atoms with E-state index in [-0.39, 0.29) is 12.1 Å². The van der Waals surface area contributed by atoms with Crippen molar-refractivity contribution < 1.29 is 18.7 Å². The lowest BCUT2D eigenvalue weighted by Gasteiger charge is -2.28. The molecule has 6 rings (SSSR count). The first-order chi connectivity index (χ1) is 18.0. The number of nitrogens with zero attached hydrogens (tertiary/aromatic N) is 5. The summed E-state index contributed by atoms with van der Waals surface area (Å²) < 4.78 is 30.1. The molecule has 37 heavy (non-hydrogen) atoms. The minimum atomic E-state index is -0.923. The van der Waals surface area contributed by atoms with Crippen LogP contribution in [0.4, 0.5) is 10.1 Å². The third-order valence-corrected chi connectivity index (χ3v) is 7.40. The molecule has 2 aromatic heterocycles. The molecule has 0 amide bonds. The SMILES string of the molecule is CCOC(=O)C(c1ncn2c1CCC2)n1cc2c(Cl)cc(-c3ccc(N4CCOCC4)cc3)c(F)c2n1. The number of anilines is 1. The highest BCUT2D eigenvalue weighted by atomic mass is 35.5. The predicted octanol–water partition coefficient (Wildman–Crippen LogP) is 4.63. The van der Waals surface area contributed by atoms with Gasteiger partial charge in [-0.15, -0.1) is 0 Å². The lowest BCUT2D eigenvalue weighted by Crippen LogP contribution is -2.36. The fourth-order valence-electron chi connectivity index (χ4n) is 5.24. The van der Waals surface area contributed by atoms with Gasteiger partial charge in [-0.25, -0.2) is 14.2 Å². The van der Waals surface area contributed by atoms with Crippen LogP contribution in [0, 0.1) is 5.82 Å². The van der Waals surface area contributed by atoms with Gasteiger partial charge in [0, 0.05) is 48.2 Å². The van der Waals surface area contributed by atoms with Crippen molar-refractivity contribution in [1.82, 2.24) is 19.3 Å². The number of rotatable bonds is 6. The largest absolute Gasteiger partial charge is 0.464 e. The number of hydrogen-bond acceptors (Lipinski definition) is 6. The summed E-state index contributed by atoms with van der Waals surface area (Å²) in [4.78, 5) is 19.8. The van der Waals surface area contributed by atoms with Crippen LogP contribution in [0.1, 0.15) is 30.8 Å². The van der Waals surface area contributed by atoms with Crippen LogP contribution in [0.15, 0.2) is 42.9 Å². The molecule has 192 valence electrons. The zero-order valence-corrected chi connectivity index (χ0v) is 21.2. The summed E-state index contributed by atoms with van der Waals surface area (Å²) in [6.07, 6.45) is 5.13. The van der Waals surface area contributed by atoms with E-state index in [1.165, 1.54) is 4.68 Å². The molecule has 4 aromatic rings. The Kier molecular flexibility index (Phi) is 6.34. The van der Waals surface area contributed by atoms with Gasteiger partial charge in [-0.2, -0.15) is 5.10 Å². The molecule has 2 aliphatic heterocycles. The van der Waals surface area contributed by atoms with Gasteiger partial charge in [0.05, 0.1) is 36.9 Å². The van der Waals surface area contributed by atoms with Gasteiger partial charge in [0.25, 0.3) is 0 Å². The highest BCUT2D eigenvalue weighted by molar-refractivity contribution is 6.35. The molecule has 0 radical (unpaired) electrons. The lowest BCUT2D eigenvalue weighted by atomic mass is 10.0. The van der Waals surface area contributed by atoms with Crippen LogP contribution < -0.4 is 4.90 Å². The fraction of sp³-hybridized carbons (Fsp3) is 0.370. The lowest BCUT2D eigenvalue weighted by molar-refractivity contribution is -0.146. The number of benzene rings is 2. The van der Waals surface area contributed by atoms with E-state index in [4.69, 9.17) is 21.1 Å². The van der Waals surface area contributed by atoms with Gasteiger partial charge in [-0.3, -0.25) is 4.68 Å². The number of hydrogen-bond donors (Lipinski definition) is 0. The van der Waals surface area contributed by atoms with E-state index in [9.17, 15) is 4.79 Å². The van der Waals surface area contributed by atoms with Gasteiger partial charge in [0.15, 0.2) is 11.9 Å². The van der Waals surface area contributed by atoms with Crippen LogP contribution in [0.25, 0.3) is 22.0 Å². The van der Waals surface area contributed by atoms with E-state index in [0.29, 0.717) is 40.4 Å². The van der Waals surface area contributed by atoms with E-state index in [2.05, 4.69) is 15.0 Å². The van der Waals surface area contributed by atoms with Crippen LogP contribution in [0.2, 0.25) is 5.02 Å². The molecule has 8 nitrogen and oxygen atoms in total. The van der Waals surface area contributed by atoms with E-state index in [1.807, 2.05) is 28.8 Å². The van der Waals surface area contributed by atoms with Crippen LogP contribution in [-0.4, -0.2) is 58.2 Å². The maximum Gasteiger partial charge on any atom is 0.337 e. The predicted molar refractivity (Wildman–Crippen MR) is 138 cm³/mol. The highest BCUT2D eigenvalue weighted by Crippen LogP contribution is 2.36. The molecular weight excluding hydrogens is 497 g/mol. The summed E-state index contributed by atoms with van der Waals surface area (Å²) in [5, 5.41) is 5.30. The first kappa shape index (κ1) is 23.9. The third-order valence-electron chi connectivity index (χ3n) is 7.08. The molecule has 10 heteroatoms. The summed E-state index contributed by atoms with van der Waals surface area (Å²) in [5.74, 6) is -0.978. The summed E-state index contributed by atoms with van der Waals surface area (Å²) in [5.41, 5.74) is 3.77. The number of aromatic nitrogens is 4. The van der Waals surface area contributed by atoms with Crippen molar-refractivity contribution in [2.45, 2.75) is 32.4 Å². The molecule has 4 heterocycles. The average molecular weight is 524 g/mol.